The molecule has 0 N–H and O–H groups in total. The Kier molecular flexibility index (Phi) is 5.55. The standard InChI is InChI=1S/C17H22N2O2/c1-2-3-4-5-6-11-16(20)19-14-9-10-15(19)17(21)18-12-7-8-13-18/h4-6,9-11,14H,2-3,7-8,12-13H2,1H3/b5-4+,11-6+. The van der Waals surface area contributed by atoms with Gasteiger partial charge in [0, 0.05) is 25.4 Å². The fourth-order valence-corrected chi connectivity index (χ4v) is 2.39. The van der Waals surface area contributed by atoms with Crippen LogP contribution in [0.15, 0.2) is 42.6 Å². The van der Waals surface area contributed by atoms with Gasteiger partial charge in [0.1, 0.15) is 5.69 Å². The lowest BCUT2D eigenvalue weighted by Crippen LogP contribution is -2.30. The number of carbonyl (C=O) groups excluding carboxylic acids is 2. The first-order valence-electron chi connectivity index (χ1n) is 7.58. The lowest BCUT2D eigenvalue weighted by molar-refractivity contribution is 0.0770. The molecule has 2 heterocycles. The van der Waals surface area contributed by atoms with Gasteiger partial charge in [-0.1, -0.05) is 31.6 Å². The molecule has 1 fully saturated rings. The topological polar surface area (TPSA) is 42.3 Å². The van der Waals surface area contributed by atoms with E-state index in [1.807, 2.05) is 17.1 Å². The molecule has 0 spiro atoms. The Hall–Kier alpha value is -2.10. The Labute approximate surface area is 125 Å². The number of aromatic nitrogens is 1. The highest BCUT2D eigenvalue weighted by atomic mass is 16.2. The van der Waals surface area contributed by atoms with Crippen molar-refractivity contribution in [2.75, 3.05) is 13.1 Å². The molecule has 0 unspecified atom stereocenters. The minimum atomic E-state index is -0.191. The van der Waals surface area contributed by atoms with Crippen molar-refractivity contribution < 1.29 is 9.59 Å². The molecule has 1 aliphatic rings. The number of carbonyl (C=O) groups is 2. The van der Waals surface area contributed by atoms with Gasteiger partial charge in [-0.05, 0) is 31.4 Å². The fraction of sp³-hybridized carbons (Fsp3) is 0.412. The van der Waals surface area contributed by atoms with Gasteiger partial charge in [-0.15, -0.1) is 0 Å². The number of nitrogens with zero attached hydrogens (tertiary/aromatic N) is 2. The fourth-order valence-electron chi connectivity index (χ4n) is 2.39. The van der Waals surface area contributed by atoms with Crippen molar-refractivity contribution in [2.24, 2.45) is 0 Å². The lowest BCUT2D eigenvalue weighted by atomic mass is 10.3. The summed E-state index contributed by atoms with van der Waals surface area (Å²) in [5, 5.41) is 0. The van der Waals surface area contributed by atoms with E-state index in [9.17, 15) is 9.59 Å². The summed E-state index contributed by atoms with van der Waals surface area (Å²) in [6.45, 7) is 3.68. The largest absolute Gasteiger partial charge is 0.337 e. The first-order chi connectivity index (χ1) is 10.2. The van der Waals surface area contributed by atoms with E-state index in [0.29, 0.717) is 5.69 Å². The molecule has 4 nitrogen and oxygen atoms in total. The maximum atomic E-state index is 12.4. The van der Waals surface area contributed by atoms with E-state index >= 15 is 0 Å². The van der Waals surface area contributed by atoms with E-state index in [2.05, 4.69) is 6.92 Å². The van der Waals surface area contributed by atoms with Crippen LogP contribution in [0.1, 0.15) is 47.9 Å². The van der Waals surface area contributed by atoms with Crippen molar-refractivity contribution in [1.29, 1.82) is 0 Å². The summed E-state index contributed by atoms with van der Waals surface area (Å²) in [7, 11) is 0. The van der Waals surface area contributed by atoms with Crippen LogP contribution in [0.2, 0.25) is 0 Å². The minimum Gasteiger partial charge on any atom is -0.337 e. The van der Waals surface area contributed by atoms with Crippen molar-refractivity contribution in [3.8, 4) is 0 Å². The van der Waals surface area contributed by atoms with E-state index in [-0.39, 0.29) is 11.8 Å². The van der Waals surface area contributed by atoms with Crippen LogP contribution in [0.5, 0.6) is 0 Å². The average molecular weight is 286 g/mol. The molecule has 0 radical (unpaired) electrons. The Morgan fingerprint density at radius 1 is 1.24 bits per heavy atom. The van der Waals surface area contributed by atoms with Crippen LogP contribution in [0.3, 0.4) is 0 Å². The Morgan fingerprint density at radius 3 is 2.71 bits per heavy atom. The van der Waals surface area contributed by atoms with Gasteiger partial charge in [0.15, 0.2) is 0 Å². The van der Waals surface area contributed by atoms with Gasteiger partial charge in [-0.2, -0.15) is 0 Å². The molecular weight excluding hydrogens is 264 g/mol. The van der Waals surface area contributed by atoms with E-state index < -0.39 is 0 Å². The normalized spacial score (nSPS) is 15.4. The van der Waals surface area contributed by atoms with E-state index in [0.717, 1.165) is 38.8 Å². The maximum absolute atomic E-state index is 12.4. The summed E-state index contributed by atoms with van der Waals surface area (Å²) >= 11 is 0. The minimum absolute atomic E-state index is 0.0548. The molecule has 0 bridgehead atoms. The third-order valence-electron chi connectivity index (χ3n) is 3.54. The molecule has 1 aliphatic heterocycles. The summed E-state index contributed by atoms with van der Waals surface area (Å²) in [6.07, 6.45) is 12.9. The van der Waals surface area contributed by atoms with E-state index in [1.165, 1.54) is 10.6 Å². The molecule has 1 saturated heterocycles. The summed E-state index contributed by atoms with van der Waals surface area (Å²) in [6, 6.07) is 3.45. The number of amides is 1. The Morgan fingerprint density at radius 2 is 2.00 bits per heavy atom. The Balaban J connectivity index is 2.05. The highest BCUT2D eigenvalue weighted by Gasteiger charge is 2.22. The molecule has 1 amide bonds. The van der Waals surface area contributed by atoms with Gasteiger partial charge in [0.2, 0.25) is 0 Å². The maximum Gasteiger partial charge on any atom is 0.270 e. The second-order valence-corrected chi connectivity index (χ2v) is 5.18. The second kappa shape index (κ2) is 7.62. The van der Waals surface area contributed by atoms with Crippen molar-refractivity contribution in [1.82, 2.24) is 9.47 Å². The van der Waals surface area contributed by atoms with Gasteiger partial charge in [0.05, 0.1) is 0 Å². The van der Waals surface area contributed by atoms with Gasteiger partial charge < -0.3 is 4.90 Å². The first kappa shape index (κ1) is 15.3. The zero-order chi connectivity index (χ0) is 15.1. The van der Waals surface area contributed by atoms with Crippen LogP contribution in [-0.4, -0.2) is 34.4 Å². The van der Waals surface area contributed by atoms with Gasteiger partial charge in [-0.25, -0.2) is 0 Å². The van der Waals surface area contributed by atoms with Crippen molar-refractivity contribution in [3.63, 3.8) is 0 Å². The molecule has 0 atom stereocenters. The van der Waals surface area contributed by atoms with Crippen LogP contribution in [0.25, 0.3) is 0 Å². The number of hydrogen-bond donors (Lipinski definition) is 0. The van der Waals surface area contributed by atoms with Crippen molar-refractivity contribution in [2.45, 2.75) is 32.6 Å². The summed E-state index contributed by atoms with van der Waals surface area (Å²) in [4.78, 5) is 26.3. The predicted molar refractivity (Wildman–Crippen MR) is 83.4 cm³/mol. The zero-order valence-electron chi connectivity index (χ0n) is 12.5. The summed E-state index contributed by atoms with van der Waals surface area (Å²) in [5.41, 5.74) is 0.448. The molecule has 2 rings (SSSR count). The van der Waals surface area contributed by atoms with Crippen molar-refractivity contribution >= 4 is 11.8 Å². The molecule has 112 valence electrons. The molecule has 0 saturated carbocycles. The number of likely N-dealkylation sites (tertiary alicyclic amines) is 1. The molecule has 4 heteroatoms. The summed E-state index contributed by atoms with van der Waals surface area (Å²) < 4.78 is 1.42. The van der Waals surface area contributed by atoms with Gasteiger partial charge in [-0.3, -0.25) is 14.2 Å². The monoisotopic (exact) mass is 286 g/mol. The highest BCUT2D eigenvalue weighted by Crippen LogP contribution is 2.13. The van der Waals surface area contributed by atoms with Crippen molar-refractivity contribution in [3.05, 3.63) is 48.3 Å². The van der Waals surface area contributed by atoms with Crippen LogP contribution in [0, 0.1) is 0 Å². The molecule has 0 aromatic carbocycles. The van der Waals surface area contributed by atoms with Gasteiger partial charge in [0.25, 0.3) is 11.8 Å². The van der Waals surface area contributed by atoms with Gasteiger partial charge >= 0.3 is 0 Å². The first-order valence-corrected chi connectivity index (χ1v) is 7.58. The third kappa shape index (κ3) is 3.94. The average Bonchev–Trinajstić information content (AvgIpc) is 3.17. The van der Waals surface area contributed by atoms with Crippen LogP contribution in [0.4, 0.5) is 0 Å². The van der Waals surface area contributed by atoms with Crippen LogP contribution < -0.4 is 0 Å². The van der Waals surface area contributed by atoms with E-state index in [4.69, 9.17) is 0 Å². The summed E-state index contributed by atoms with van der Waals surface area (Å²) in [5.74, 6) is -0.246. The molecular formula is C17H22N2O2. The molecule has 1 aromatic rings. The smallest absolute Gasteiger partial charge is 0.270 e. The third-order valence-corrected chi connectivity index (χ3v) is 3.54. The van der Waals surface area contributed by atoms with Crippen LogP contribution >= 0.6 is 0 Å². The highest BCUT2D eigenvalue weighted by molar-refractivity contribution is 6.00. The van der Waals surface area contributed by atoms with Crippen LogP contribution in [-0.2, 0) is 0 Å². The molecule has 1 aromatic heterocycles. The number of rotatable bonds is 5. The number of hydrogen-bond acceptors (Lipinski definition) is 2. The number of unbranched alkanes of at least 4 members (excludes halogenated alkanes) is 1. The quantitative estimate of drug-likeness (QED) is 0.616. The number of allylic oxidation sites excluding steroid dienone is 4. The zero-order valence-corrected chi connectivity index (χ0v) is 12.5. The second-order valence-electron chi connectivity index (χ2n) is 5.18. The molecule has 0 aliphatic carbocycles. The Bertz CT molecular complexity index is 549. The van der Waals surface area contributed by atoms with E-state index in [1.54, 1.807) is 24.4 Å². The lowest BCUT2D eigenvalue weighted by Gasteiger charge is -2.15. The molecule has 21 heavy (non-hydrogen) atoms. The predicted octanol–water partition coefficient (Wildman–Crippen LogP) is 3.28. The SMILES string of the molecule is CCC/C=C/C=C/C(=O)n1cccc1C(=O)N1CCCC1.